The first-order valence-corrected chi connectivity index (χ1v) is 6.27. The molecule has 1 fully saturated rings. The van der Waals surface area contributed by atoms with E-state index in [0.717, 1.165) is 17.9 Å². The molecule has 0 aliphatic carbocycles. The number of anilines is 1. The molecule has 2 heterocycles. The smallest absolute Gasteiger partial charge is 0.128 e. The van der Waals surface area contributed by atoms with E-state index in [1.807, 2.05) is 6.20 Å². The molecule has 2 N–H and O–H groups in total. The highest BCUT2D eigenvalue weighted by Gasteiger charge is 2.22. The monoisotopic (exact) mass is 234 g/mol. The number of likely N-dealkylation sites (N-methyl/N-ethyl adjacent to an activating group) is 2. The van der Waals surface area contributed by atoms with Crippen molar-refractivity contribution in [3.63, 3.8) is 0 Å². The maximum Gasteiger partial charge on any atom is 0.128 e. The summed E-state index contributed by atoms with van der Waals surface area (Å²) in [6.45, 7) is 2.83. The van der Waals surface area contributed by atoms with Gasteiger partial charge in [0.25, 0.3) is 0 Å². The molecule has 1 aliphatic heterocycles. The Morgan fingerprint density at radius 2 is 2.35 bits per heavy atom. The Hall–Kier alpha value is -1.13. The number of aromatic nitrogens is 1. The summed E-state index contributed by atoms with van der Waals surface area (Å²) in [4.78, 5) is 9.11. The van der Waals surface area contributed by atoms with Gasteiger partial charge in [0.2, 0.25) is 0 Å². The lowest BCUT2D eigenvalue weighted by Gasteiger charge is -2.26. The second-order valence-corrected chi connectivity index (χ2v) is 4.89. The third kappa shape index (κ3) is 2.96. The van der Waals surface area contributed by atoms with Crippen molar-refractivity contribution in [2.75, 3.05) is 32.1 Å². The second kappa shape index (κ2) is 5.47. The minimum atomic E-state index is 0.558. The first kappa shape index (κ1) is 12.3. The van der Waals surface area contributed by atoms with Crippen LogP contribution in [0.25, 0.3) is 0 Å². The van der Waals surface area contributed by atoms with Crippen LogP contribution in [-0.2, 0) is 6.54 Å². The second-order valence-electron chi connectivity index (χ2n) is 4.89. The molecule has 1 atom stereocenters. The average molecular weight is 234 g/mol. The number of likely N-dealkylation sites (tertiary alicyclic amines) is 1. The Balaban J connectivity index is 1.96. The first-order valence-electron chi connectivity index (χ1n) is 6.27. The molecule has 0 bridgehead atoms. The van der Waals surface area contributed by atoms with E-state index < -0.39 is 0 Å². The molecular weight excluding hydrogens is 212 g/mol. The zero-order chi connectivity index (χ0) is 12.3. The fourth-order valence-corrected chi connectivity index (χ4v) is 2.38. The minimum absolute atomic E-state index is 0.558. The van der Waals surface area contributed by atoms with Crippen molar-refractivity contribution in [1.82, 2.24) is 9.88 Å². The van der Waals surface area contributed by atoms with E-state index in [0.29, 0.717) is 12.6 Å². The standard InChI is InChI=1S/C13H22N4/c1-16-7-3-4-12(16)10-17(2)13-6-5-11(8-14)9-15-13/h5-6,9,12H,3-4,7-8,10,14H2,1-2H3. The topological polar surface area (TPSA) is 45.4 Å². The number of nitrogens with two attached hydrogens (primary N) is 1. The SMILES string of the molecule is CN(CC1CCCN1C)c1ccc(CN)cn1. The molecule has 1 saturated heterocycles. The molecule has 94 valence electrons. The van der Waals surface area contributed by atoms with Crippen LogP contribution in [0.3, 0.4) is 0 Å². The van der Waals surface area contributed by atoms with Crippen LogP contribution in [-0.4, -0.2) is 43.1 Å². The van der Waals surface area contributed by atoms with Gasteiger partial charge in [-0.2, -0.15) is 0 Å². The number of rotatable bonds is 4. The molecule has 1 unspecified atom stereocenters. The molecule has 0 saturated carbocycles. The highest BCUT2D eigenvalue weighted by molar-refractivity contribution is 5.38. The Bertz CT molecular complexity index is 349. The molecule has 0 spiro atoms. The molecule has 4 heteroatoms. The zero-order valence-corrected chi connectivity index (χ0v) is 10.8. The first-order chi connectivity index (χ1) is 8.20. The summed E-state index contributed by atoms with van der Waals surface area (Å²) < 4.78 is 0. The molecule has 1 aliphatic rings. The Labute approximate surface area is 103 Å². The van der Waals surface area contributed by atoms with Gasteiger partial charge in [0.15, 0.2) is 0 Å². The molecule has 0 radical (unpaired) electrons. The van der Waals surface area contributed by atoms with Crippen molar-refractivity contribution in [3.05, 3.63) is 23.9 Å². The van der Waals surface area contributed by atoms with Gasteiger partial charge in [-0.15, -0.1) is 0 Å². The van der Waals surface area contributed by atoms with Crippen molar-refractivity contribution < 1.29 is 0 Å². The summed E-state index contributed by atoms with van der Waals surface area (Å²) in [6, 6.07) is 4.77. The molecule has 17 heavy (non-hydrogen) atoms. The van der Waals surface area contributed by atoms with Crippen LogP contribution in [0.4, 0.5) is 5.82 Å². The molecule has 2 rings (SSSR count). The third-order valence-corrected chi connectivity index (χ3v) is 3.59. The van der Waals surface area contributed by atoms with Gasteiger partial charge in [0, 0.05) is 32.4 Å². The lowest BCUT2D eigenvalue weighted by Crippen LogP contribution is -2.36. The predicted molar refractivity (Wildman–Crippen MR) is 71.1 cm³/mol. The van der Waals surface area contributed by atoms with Gasteiger partial charge < -0.3 is 15.5 Å². The van der Waals surface area contributed by atoms with Crippen LogP contribution < -0.4 is 10.6 Å². The zero-order valence-electron chi connectivity index (χ0n) is 10.8. The largest absolute Gasteiger partial charge is 0.358 e. The average Bonchev–Trinajstić information content (AvgIpc) is 2.75. The van der Waals surface area contributed by atoms with E-state index in [4.69, 9.17) is 5.73 Å². The molecule has 1 aromatic heterocycles. The third-order valence-electron chi connectivity index (χ3n) is 3.59. The summed E-state index contributed by atoms with van der Waals surface area (Å²) >= 11 is 0. The maximum absolute atomic E-state index is 5.57. The summed E-state index contributed by atoms with van der Waals surface area (Å²) in [5, 5.41) is 0. The lowest BCUT2D eigenvalue weighted by atomic mass is 10.2. The van der Waals surface area contributed by atoms with Crippen LogP contribution in [0.1, 0.15) is 18.4 Å². The Morgan fingerprint density at radius 3 is 2.88 bits per heavy atom. The number of hydrogen-bond donors (Lipinski definition) is 1. The van der Waals surface area contributed by atoms with E-state index in [1.165, 1.54) is 19.4 Å². The summed E-state index contributed by atoms with van der Waals surface area (Å²) in [5.74, 6) is 1.03. The quantitative estimate of drug-likeness (QED) is 0.846. The summed E-state index contributed by atoms with van der Waals surface area (Å²) in [6.07, 6.45) is 4.47. The number of hydrogen-bond acceptors (Lipinski definition) is 4. The number of pyridine rings is 1. The van der Waals surface area contributed by atoms with E-state index in [1.54, 1.807) is 0 Å². The van der Waals surface area contributed by atoms with E-state index >= 15 is 0 Å². The highest BCUT2D eigenvalue weighted by Crippen LogP contribution is 2.18. The molecule has 1 aromatic rings. The van der Waals surface area contributed by atoms with Crippen LogP contribution in [0.15, 0.2) is 18.3 Å². The Morgan fingerprint density at radius 1 is 1.53 bits per heavy atom. The van der Waals surface area contributed by atoms with E-state index in [9.17, 15) is 0 Å². The molecule has 4 nitrogen and oxygen atoms in total. The van der Waals surface area contributed by atoms with Crippen molar-refractivity contribution >= 4 is 5.82 Å². The molecular formula is C13H22N4. The Kier molecular flexibility index (Phi) is 3.97. The minimum Gasteiger partial charge on any atom is -0.358 e. The van der Waals surface area contributed by atoms with Crippen molar-refractivity contribution in [2.24, 2.45) is 5.73 Å². The van der Waals surface area contributed by atoms with Crippen LogP contribution in [0.2, 0.25) is 0 Å². The van der Waals surface area contributed by atoms with Gasteiger partial charge >= 0.3 is 0 Å². The summed E-state index contributed by atoms with van der Waals surface area (Å²) in [5.41, 5.74) is 6.65. The van der Waals surface area contributed by atoms with E-state index in [-0.39, 0.29) is 0 Å². The van der Waals surface area contributed by atoms with E-state index in [2.05, 4.69) is 41.0 Å². The van der Waals surface area contributed by atoms with Crippen LogP contribution >= 0.6 is 0 Å². The van der Waals surface area contributed by atoms with Gasteiger partial charge in [0.1, 0.15) is 5.82 Å². The predicted octanol–water partition coefficient (Wildman–Crippen LogP) is 1.07. The normalized spacial score (nSPS) is 20.8. The number of nitrogens with zero attached hydrogens (tertiary/aromatic N) is 3. The van der Waals surface area contributed by atoms with Gasteiger partial charge in [-0.1, -0.05) is 6.07 Å². The maximum atomic E-state index is 5.57. The van der Waals surface area contributed by atoms with Crippen LogP contribution in [0, 0.1) is 0 Å². The fraction of sp³-hybridized carbons (Fsp3) is 0.615. The molecule has 0 aromatic carbocycles. The van der Waals surface area contributed by atoms with Gasteiger partial charge in [-0.05, 0) is 38.1 Å². The van der Waals surface area contributed by atoms with Gasteiger partial charge in [-0.25, -0.2) is 4.98 Å². The highest BCUT2D eigenvalue weighted by atomic mass is 15.2. The van der Waals surface area contributed by atoms with Crippen molar-refractivity contribution in [2.45, 2.75) is 25.4 Å². The van der Waals surface area contributed by atoms with Crippen molar-refractivity contribution in [3.8, 4) is 0 Å². The van der Waals surface area contributed by atoms with Gasteiger partial charge in [0.05, 0.1) is 0 Å². The summed E-state index contributed by atoms with van der Waals surface area (Å²) in [7, 11) is 4.31. The fourth-order valence-electron chi connectivity index (χ4n) is 2.38. The molecule has 0 amide bonds. The van der Waals surface area contributed by atoms with Crippen molar-refractivity contribution in [1.29, 1.82) is 0 Å². The van der Waals surface area contributed by atoms with Crippen LogP contribution in [0.5, 0.6) is 0 Å². The lowest BCUT2D eigenvalue weighted by molar-refractivity contribution is 0.314. The van der Waals surface area contributed by atoms with Gasteiger partial charge in [-0.3, -0.25) is 0 Å².